The van der Waals surface area contributed by atoms with Gasteiger partial charge in [0, 0.05) is 0 Å². The van der Waals surface area contributed by atoms with E-state index in [0.717, 1.165) is 4.90 Å². The van der Waals surface area contributed by atoms with Gasteiger partial charge < -0.3 is 19.5 Å². The minimum absolute atomic E-state index is 0.430. The van der Waals surface area contributed by atoms with Crippen LogP contribution in [0.2, 0.25) is 0 Å². The molecule has 0 radical (unpaired) electrons. The van der Waals surface area contributed by atoms with Gasteiger partial charge in [-0.05, 0) is 45.4 Å². The van der Waals surface area contributed by atoms with E-state index in [1.54, 1.807) is 45.9 Å². The number of amides is 3. The van der Waals surface area contributed by atoms with Crippen LogP contribution >= 0.6 is 0 Å². The summed E-state index contributed by atoms with van der Waals surface area (Å²) < 4.78 is 15.6. The molecule has 1 atom stereocenters. The van der Waals surface area contributed by atoms with Gasteiger partial charge in [-0.1, -0.05) is 6.07 Å². The number of carbonyl (C=O) groups is 3. The van der Waals surface area contributed by atoms with E-state index in [1.807, 2.05) is 0 Å². The molecule has 1 aliphatic rings. The molecule has 0 unspecified atom stereocenters. The Kier molecular flexibility index (Phi) is 5.16. The first-order chi connectivity index (χ1) is 12.0. The normalized spacial score (nSPS) is 20.0. The van der Waals surface area contributed by atoms with Crippen molar-refractivity contribution in [1.82, 2.24) is 10.2 Å². The van der Waals surface area contributed by atoms with E-state index < -0.39 is 35.6 Å². The topological polar surface area (TPSA) is 94.2 Å². The summed E-state index contributed by atoms with van der Waals surface area (Å²) in [7, 11) is 2.98. The van der Waals surface area contributed by atoms with E-state index in [-0.39, 0.29) is 0 Å². The summed E-state index contributed by atoms with van der Waals surface area (Å²) in [6.45, 7) is 6.26. The van der Waals surface area contributed by atoms with E-state index in [9.17, 15) is 14.4 Å². The molecular formula is C18H24N2O6. The smallest absolute Gasteiger partial charge is 0.326 e. The summed E-state index contributed by atoms with van der Waals surface area (Å²) in [5.74, 6) is -0.265. The van der Waals surface area contributed by atoms with Crippen molar-refractivity contribution < 1.29 is 28.6 Å². The molecule has 1 aliphatic heterocycles. The monoisotopic (exact) mass is 364 g/mol. The molecular weight excluding hydrogens is 340 g/mol. The molecule has 26 heavy (non-hydrogen) atoms. The fraction of sp³-hybridized carbons (Fsp3) is 0.500. The first-order valence-electron chi connectivity index (χ1n) is 8.10. The van der Waals surface area contributed by atoms with Crippen molar-refractivity contribution in [2.75, 3.05) is 20.8 Å². The van der Waals surface area contributed by atoms with Crippen LogP contribution in [0.1, 0.15) is 33.3 Å². The van der Waals surface area contributed by atoms with Crippen LogP contribution in [0.15, 0.2) is 18.2 Å². The van der Waals surface area contributed by atoms with E-state index in [2.05, 4.69) is 5.32 Å². The summed E-state index contributed by atoms with van der Waals surface area (Å²) in [5.41, 5.74) is -1.51. The van der Waals surface area contributed by atoms with Crippen molar-refractivity contribution in [2.24, 2.45) is 0 Å². The number of hydrogen-bond donors (Lipinski definition) is 1. The van der Waals surface area contributed by atoms with Crippen LogP contribution in [0.5, 0.6) is 11.5 Å². The third-order valence-electron chi connectivity index (χ3n) is 3.94. The van der Waals surface area contributed by atoms with Crippen LogP contribution in [-0.2, 0) is 19.9 Å². The van der Waals surface area contributed by atoms with Crippen LogP contribution < -0.4 is 14.8 Å². The molecule has 0 aromatic heterocycles. The number of nitrogens with zero attached hydrogens (tertiary/aromatic N) is 1. The van der Waals surface area contributed by atoms with Gasteiger partial charge in [0.05, 0.1) is 14.2 Å². The highest BCUT2D eigenvalue weighted by Gasteiger charge is 2.50. The van der Waals surface area contributed by atoms with Crippen molar-refractivity contribution in [1.29, 1.82) is 0 Å². The summed E-state index contributed by atoms with van der Waals surface area (Å²) in [5, 5.41) is 2.64. The number of hydrogen-bond acceptors (Lipinski definition) is 6. The number of rotatable bonds is 5. The summed E-state index contributed by atoms with van der Waals surface area (Å²) in [6, 6.07) is 4.28. The van der Waals surface area contributed by atoms with E-state index >= 15 is 0 Å². The lowest BCUT2D eigenvalue weighted by Crippen LogP contribution is -2.42. The van der Waals surface area contributed by atoms with Crippen LogP contribution in [0.25, 0.3) is 0 Å². The predicted octanol–water partition coefficient (Wildman–Crippen LogP) is 1.81. The third kappa shape index (κ3) is 3.74. The first kappa shape index (κ1) is 19.6. The minimum Gasteiger partial charge on any atom is -0.493 e. The number of carbonyl (C=O) groups excluding carboxylic acids is 3. The van der Waals surface area contributed by atoms with Gasteiger partial charge in [0.15, 0.2) is 11.5 Å². The Labute approximate surface area is 152 Å². The van der Waals surface area contributed by atoms with E-state index in [1.165, 1.54) is 14.2 Å². The van der Waals surface area contributed by atoms with Crippen molar-refractivity contribution >= 4 is 17.9 Å². The molecule has 0 saturated carbocycles. The highest BCUT2D eigenvalue weighted by molar-refractivity contribution is 6.08. The largest absolute Gasteiger partial charge is 0.493 e. The molecule has 1 heterocycles. The zero-order valence-corrected chi connectivity index (χ0v) is 15.8. The maximum Gasteiger partial charge on any atom is 0.326 e. The fourth-order valence-electron chi connectivity index (χ4n) is 2.69. The number of ether oxygens (including phenoxy) is 3. The Morgan fingerprint density at radius 1 is 1.15 bits per heavy atom. The van der Waals surface area contributed by atoms with E-state index in [0.29, 0.717) is 17.1 Å². The molecule has 1 N–H and O–H groups in total. The highest BCUT2D eigenvalue weighted by Crippen LogP contribution is 2.35. The van der Waals surface area contributed by atoms with Gasteiger partial charge in [-0.15, -0.1) is 0 Å². The van der Waals surface area contributed by atoms with Gasteiger partial charge in [-0.2, -0.15) is 0 Å². The highest BCUT2D eigenvalue weighted by atomic mass is 16.6. The SMILES string of the molecule is COc1ccc([C@]2(C)NC(=O)N(CC(=O)OC(C)(C)C)C2=O)cc1OC. The summed E-state index contributed by atoms with van der Waals surface area (Å²) >= 11 is 0. The molecule has 0 bridgehead atoms. The molecule has 0 aliphatic carbocycles. The maximum atomic E-state index is 12.9. The Hall–Kier alpha value is -2.77. The van der Waals surface area contributed by atoms with Gasteiger partial charge >= 0.3 is 12.0 Å². The van der Waals surface area contributed by atoms with Gasteiger partial charge in [-0.25, -0.2) is 4.79 Å². The standard InChI is InChI=1S/C18H24N2O6/c1-17(2,3)26-14(21)10-20-15(22)18(4,19-16(20)23)11-7-8-12(24-5)13(9-11)25-6/h7-9H,10H2,1-6H3,(H,19,23)/t18-/m0/s1. The molecule has 2 rings (SSSR count). The molecule has 1 fully saturated rings. The molecule has 1 aromatic rings. The average molecular weight is 364 g/mol. The zero-order chi connectivity index (χ0) is 19.7. The zero-order valence-electron chi connectivity index (χ0n) is 15.8. The molecule has 1 aromatic carbocycles. The molecule has 142 valence electrons. The molecule has 3 amide bonds. The molecule has 8 nitrogen and oxygen atoms in total. The van der Waals surface area contributed by atoms with Crippen molar-refractivity contribution in [3.8, 4) is 11.5 Å². The second-order valence-corrected chi connectivity index (χ2v) is 7.10. The lowest BCUT2D eigenvalue weighted by molar-refractivity contribution is -0.157. The second kappa shape index (κ2) is 6.86. The minimum atomic E-state index is -1.32. The van der Waals surface area contributed by atoms with Gasteiger partial charge in [0.2, 0.25) is 0 Å². The predicted molar refractivity (Wildman–Crippen MR) is 93.0 cm³/mol. The van der Waals surface area contributed by atoms with Crippen LogP contribution in [0, 0.1) is 0 Å². The third-order valence-corrected chi connectivity index (χ3v) is 3.94. The Bertz CT molecular complexity index is 740. The molecule has 1 saturated heterocycles. The molecule has 0 spiro atoms. The first-order valence-corrected chi connectivity index (χ1v) is 8.10. The maximum absolute atomic E-state index is 12.9. The number of esters is 1. The van der Waals surface area contributed by atoms with Crippen LogP contribution in [-0.4, -0.2) is 49.2 Å². The van der Waals surface area contributed by atoms with Crippen molar-refractivity contribution in [3.05, 3.63) is 23.8 Å². The molecule has 8 heteroatoms. The Balaban J connectivity index is 2.27. The number of nitrogens with one attached hydrogen (secondary N) is 1. The van der Waals surface area contributed by atoms with Crippen LogP contribution in [0.4, 0.5) is 4.79 Å². The number of urea groups is 1. The number of methoxy groups -OCH3 is 2. The Morgan fingerprint density at radius 3 is 2.31 bits per heavy atom. The average Bonchev–Trinajstić information content (AvgIpc) is 2.76. The Morgan fingerprint density at radius 2 is 1.77 bits per heavy atom. The van der Waals surface area contributed by atoms with Gasteiger partial charge in [-0.3, -0.25) is 14.5 Å². The van der Waals surface area contributed by atoms with E-state index in [4.69, 9.17) is 14.2 Å². The van der Waals surface area contributed by atoms with Crippen LogP contribution in [0.3, 0.4) is 0 Å². The van der Waals surface area contributed by atoms with Crippen molar-refractivity contribution in [3.63, 3.8) is 0 Å². The van der Waals surface area contributed by atoms with Crippen molar-refractivity contribution in [2.45, 2.75) is 38.8 Å². The quantitative estimate of drug-likeness (QED) is 0.633. The van der Waals surface area contributed by atoms with Gasteiger partial charge in [0.25, 0.3) is 5.91 Å². The fourth-order valence-corrected chi connectivity index (χ4v) is 2.69. The summed E-state index contributed by atoms with van der Waals surface area (Å²) in [4.78, 5) is 38.0. The summed E-state index contributed by atoms with van der Waals surface area (Å²) in [6.07, 6.45) is 0. The number of benzene rings is 1. The van der Waals surface area contributed by atoms with Gasteiger partial charge in [0.1, 0.15) is 17.7 Å². The number of imide groups is 1. The lowest BCUT2D eigenvalue weighted by atomic mass is 9.91. The second-order valence-electron chi connectivity index (χ2n) is 7.10. The lowest BCUT2D eigenvalue weighted by Gasteiger charge is -2.24.